The molecule has 0 saturated carbocycles. The van der Waals surface area contributed by atoms with Crippen LogP contribution in [0.15, 0.2) is 261 Å². The quantitative estimate of drug-likeness (QED) is 0.0820. The minimum Gasteiger partial charge on any atom is -0.397 e. The van der Waals surface area contributed by atoms with E-state index in [9.17, 15) is 5.48 Å². The predicted molar refractivity (Wildman–Crippen MR) is 318 cm³/mol. The van der Waals surface area contributed by atoms with E-state index in [2.05, 4.69) is 174 Å². The summed E-state index contributed by atoms with van der Waals surface area (Å²) < 4.78 is 99.9. The van der Waals surface area contributed by atoms with Gasteiger partial charge >= 0.3 is 8.40 Å². The third-order valence-electron chi connectivity index (χ3n) is 14.6. The molecule has 13 aromatic rings. The molecule has 0 spiro atoms. The third-order valence-corrected chi connectivity index (χ3v) is 19.1. The molecule has 0 saturated heterocycles. The van der Waals surface area contributed by atoms with Crippen molar-refractivity contribution in [2.24, 2.45) is 0 Å². The van der Waals surface area contributed by atoms with Gasteiger partial charge in [-0.25, -0.2) is 4.98 Å². The summed E-state index contributed by atoms with van der Waals surface area (Å²) in [5.41, 5.74) is 8.13. The van der Waals surface area contributed by atoms with E-state index >= 15 is 0 Å². The fourth-order valence-corrected chi connectivity index (χ4v) is 16.1. The van der Waals surface area contributed by atoms with Crippen LogP contribution in [0.3, 0.4) is 0 Å². The second-order valence-corrected chi connectivity index (χ2v) is 23.5. The van der Waals surface area contributed by atoms with E-state index < -0.39 is 68.8 Å². The molecule has 0 N–H and O–H groups in total. The fourth-order valence-electron chi connectivity index (χ4n) is 11.2. The molecule has 78 heavy (non-hydrogen) atoms. The first-order chi connectivity index (χ1) is 42.0. The summed E-state index contributed by atoms with van der Waals surface area (Å²) in [5.74, 6) is 0.767. The number of para-hydroxylation sites is 5. The molecule has 4 heterocycles. The number of hydrogen-bond donors (Lipinski definition) is 0. The van der Waals surface area contributed by atoms with E-state index in [1.807, 2.05) is 65.4 Å². The number of nitrogens with zero attached hydrogens (tertiary/aromatic N) is 6. The van der Waals surface area contributed by atoms with Crippen LogP contribution in [0.25, 0.3) is 72.3 Å². The first kappa shape index (κ1) is 38.6. The van der Waals surface area contributed by atoms with Crippen LogP contribution in [0, 0.1) is 18.5 Å². The first-order valence-electron chi connectivity index (χ1n) is 30.5. The topological polar surface area (TPSA) is 33.1 Å². The van der Waals surface area contributed by atoms with E-state index in [0.29, 0.717) is 22.4 Å². The number of rotatable bonds is 9. The number of hydrogen-bond acceptors (Lipinski definition) is 3. The molecule has 1 aliphatic rings. The molecule has 0 amide bonds. The van der Waals surface area contributed by atoms with Gasteiger partial charge in [0.05, 0.1) is 30.4 Å². The Hall–Kier alpha value is -8.87. The number of aromatic nitrogens is 4. The van der Waals surface area contributed by atoms with Gasteiger partial charge in [-0.3, -0.25) is 4.57 Å². The molecule has 378 valence electrons. The summed E-state index contributed by atoms with van der Waals surface area (Å²) in [4.78, 5) is 5.06. The van der Waals surface area contributed by atoms with Crippen LogP contribution in [-0.2, 0) is 26.5 Å². The number of imidazole rings is 1. The van der Waals surface area contributed by atoms with Gasteiger partial charge in [-0.15, -0.1) is 18.2 Å². The summed E-state index contributed by atoms with van der Waals surface area (Å²) in [5, 5.41) is 4.22. The number of anilines is 4. The van der Waals surface area contributed by atoms with Crippen molar-refractivity contribution in [1.82, 2.24) is 14.1 Å². The summed E-state index contributed by atoms with van der Waals surface area (Å²) in [7, 11) is -3.67. The molecule has 0 bridgehead atoms. The van der Waals surface area contributed by atoms with Crippen molar-refractivity contribution in [1.29, 1.82) is 0 Å². The molecule has 0 unspecified atom stereocenters. The summed E-state index contributed by atoms with van der Waals surface area (Å²) in [6.07, 6.45) is 5.48. The molecule has 10 aromatic carbocycles. The Kier molecular flexibility index (Phi) is 9.71. The standard InChI is InChI=1S/C70H52N6Si.Pt/c1-70(2,3)52-43-44-71-68(45-52)74-62-40-20-19-37-60(62)61-47-66-67(48-65(61)74)76(77(56-33-15-7-16-34-56,57-35-17-8-18-36-57)75(66)53-29-13-6-14-30-53)55-32-23-31-54(46-55)72-49-73(64-42-22-21-41-63(64)72)69-58(50-25-9-4-10-26-50)38-24-39-59(69)51-27-11-5-12-28-51;/h4-45,47H,1-3H3;/q-2;/i4D,5D,9D,10D,11D,12D,25D,26D,27D,28D;. The molecule has 8 heteroatoms. The normalized spacial score (nSPS) is 14.8. The molecule has 1 aliphatic heterocycles. The Morgan fingerprint density at radius 1 is 0.538 bits per heavy atom. The minimum absolute atomic E-state index is 0. The maximum absolute atomic E-state index is 9.26. The summed E-state index contributed by atoms with van der Waals surface area (Å²) in [6.45, 7) is 6.61. The smallest absolute Gasteiger partial charge is 0.325 e. The maximum atomic E-state index is 9.26. The summed E-state index contributed by atoms with van der Waals surface area (Å²) in [6, 6.07) is 67.9. The Balaban J connectivity index is 0.00000714. The SMILES string of the molecule is [2H]c1c([2H])c([2H])c(-c2cccc(-c3c([2H])c([2H])c([2H])c([2H])c3[2H])c2-[n+]2[c-]n(-c3[c-]c(N4c5[c-]c6c(cc5N(c5ccccc5)[Si]4(c4ccccc4)c4ccccc4)c4ccccc4n6-c4cc(C(C)(C)C)ccn4)ccc3)c3ccccc32)c([2H])c1[2H].[Pt]. The van der Waals surface area contributed by atoms with Gasteiger partial charge in [-0.05, 0) is 85.0 Å². The van der Waals surface area contributed by atoms with Crippen molar-refractivity contribution in [3.63, 3.8) is 0 Å². The van der Waals surface area contributed by atoms with Gasteiger partial charge in [0.15, 0.2) is 0 Å². The number of fused-ring (bicyclic) bond motifs is 5. The monoisotopic (exact) mass is 1210 g/mol. The van der Waals surface area contributed by atoms with E-state index in [4.69, 9.17) is 13.2 Å². The molecular formula is C70H52N6PtSi-2. The molecule has 3 aromatic heterocycles. The van der Waals surface area contributed by atoms with Crippen LogP contribution in [0.4, 0.5) is 22.7 Å². The van der Waals surface area contributed by atoms with Crippen molar-refractivity contribution in [3.8, 4) is 39.4 Å². The van der Waals surface area contributed by atoms with Gasteiger partial charge in [-0.2, -0.15) is 18.2 Å². The van der Waals surface area contributed by atoms with Gasteiger partial charge in [0.25, 0.3) is 6.33 Å². The van der Waals surface area contributed by atoms with Gasteiger partial charge in [-0.1, -0.05) is 249 Å². The molecule has 0 atom stereocenters. The molecule has 0 fully saturated rings. The second-order valence-electron chi connectivity index (χ2n) is 20.1. The van der Waals surface area contributed by atoms with Crippen LogP contribution in [0.1, 0.15) is 40.0 Å². The molecule has 0 radical (unpaired) electrons. The van der Waals surface area contributed by atoms with Crippen molar-refractivity contribution in [2.45, 2.75) is 26.2 Å². The molecule has 14 rings (SSSR count). The zero-order valence-electron chi connectivity index (χ0n) is 52.6. The zero-order chi connectivity index (χ0) is 60.4. The van der Waals surface area contributed by atoms with Gasteiger partial charge in [0, 0.05) is 38.5 Å². The van der Waals surface area contributed by atoms with E-state index in [0.717, 1.165) is 60.6 Å². The average Bonchev–Trinajstić information content (AvgIpc) is 1.57. The Labute approximate surface area is 484 Å². The molecule has 0 aliphatic carbocycles. The zero-order valence-corrected chi connectivity index (χ0v) is 45.8. The Morgan fingerprint density at radius 2 is 1.12 bits per heavy atom. The van der Waals surface area contributed by atoms with E-state index in [1.165, 1.54) is 0 Å². The van der Waals surface area contributed by atoms with Crippen LogP contribution in [-0.4, -0.2) is 22.5 Å². The van der Waals surface area contributed by atoms with Gasteiger partial charge in [0.1, 0.15) is 5.82 Å². The van der Waals surface area contributed by atoms with Gasteiger partial charge in [0.2, 0.25) is 0 Å². The number of benzene rings is 10. The average molecular weight is 1210 g/mol. The van der Waals surface area contributed by atoms with Crippen molar-refractivity contribution in [2.75, 3.05) is 9.13 Å². The molecule has 6 nitrogen and oxygen atoms in total. The summed E-state index contributed by atoms with van der Waals surface area (Å²) >= 11 is 0. The van der Waals surface area contributed by atoms with Crippen LogP contribution >= 0.6 is 0 Å². The van der Waals surface area contributed by atoms with E-state index in [1.54, 1.807) is 22.8 Å². The van der Waals surface area contributed by atoms with Gasteiger partial charge < -0.3 is 18.3 Å². The van der Waals surface area contributed by atoms with Crippen molar-refractivity contribution < 1.29 is 39.3 Å². The van der Waals surface area contributed by atoms with Crippen molar-refractivity contribution in [3.05, 3.63) is 285 Å². The minimum atomic E-state index is -3.67. The fraction of sp³-hybridized carbons (Fsp3) is 0.0571. The third kappa shape index (κ3) is 7.87. The van der Waals surface area contributed by atoms with Crippen LogP contribution in [0.5, 0.6) is 0 Å². The number of pyridine rings is 1. The maximum Gasteiger partial charge on any atom is 0.325 e. The van der Waals surface area contributed by atoms with Crippen molar-refractivity contribution >= 4 is 74.4 Å². The predicted octanol–water partition coefficient (Wildman–Crippen LogP) is 15.0. The molecular weight excluding hydrogens is 1150 g/mol. The van der Waals surface area contributed by atoms with Crippen LogP contribution < -0.4 is 24.1 Å². The Bertz CT molecular complexity index is 4770. The largest absolute Gasteiger partial charge is 0.397 e. The second kappa shape index (κ2) is 19.6. The van der Waals surface area contributed by atoms with Crippen LogP contribution in [0.2, 0.25) is 0 Å². The first-order valence-corrected chi connectivity index (χ1v) is 27.4. The Morgan fingerprint density at radius 3 is 1.77 bits per heavy atom. The van der Waals surface area contributed by atoms with E-state index in [-0.39, 0.29) is 54.4 Å².